The Morgan fingerprint density at radius 1 is 1.23 bits per heavy atom. The van der Waals surface area contributed by atoms with Gasteiger partial charge in [-0.3, -0.25) is 9.79 Å². The first-order chi connectivity index (χ1) is 14.7. The van der Waals surface area contributed by atoms with E-state index >= 15 is 0 Å². The van der Waals surface area contributed by atoms with Crippen molar-refractivity contribution in [1.29, 1.82) is 0 Å². The number of rotatable bonds is 9. The molecule has 1 saturated heterocycles. The number of aliphatic imine (C=N–C) groups is 1. The Balaban J connectivity index is 0.00000341. The lowest BCUT2D eigenvalue weighted by atomic mass is 10.1. The summed E-state index contributed by atoms with van der Waals surface area (Å²) in [7, 11) is 0. The van der Waals surface area contributed by atoms with Crippen molar-refractivity contribution in [2.45, 2.75) is 64.5 Å². The molecule has 1 amide bonds. The van der Waals surface area contributed by atoms with Gasteiger partial charge in [-0.05, 0) is 45.1 Å². The topological polar surface area (TPSA) is 66.0 Å². The summed E-state index contributed by atoms with van der Waals surface area (Å²) in [4.78, 5) is 19.4. The number of carbonyl (C=O) groups excluding carboxylic acids is 1. The Morgan fingerprint density at radius 3 is 2.68 bits per heavy atom. The Bertz CT molecular complexity index is 679. The van der Waals surface area contributed by atoms with Crippen molar-refractivity contribution < 1.29 is 9.53 Å². The third-order valence-corrected chi connectivity index (χ3v) is 6.10. The van der Waals surface area contributed by atoms with Gasteiger partial charge in [-0.1, -0.05) is 43.2 Å². The predicted octanol–water partition coefficient (Wildman–Crippen LogP) is 4.12. The molecule has 1 aromatic carbocycles. The fourth-order valence-corrected chi connectivity index (χ4v) is 4.36. The molecule has 2 fully saturated rings. The summed E-state index contributed by atoms with van der Waals surface area (Å²) in [5.74, 6) is 1.47. The summed E-state index contributed by atoms with van der Waals surface area (Å²) in [5, 5.41) is 6.85. The number of hydrogen-bond donors (Lipinski definition) is 2. The minimum atomic E-state index is 0. The highest BCUT2D eigenvalue weighted by Gasteiger charge is 2.32. The number of likely N-dealkylation sites (tertiary alicyclic amines) is 1. The van der Waals surface area contributed by atoms with Crippen molar-refractivity contribution in [3.63, 3.8) is 0 Å². The van der Waals surface area contributed by atoms with Gasteiger partial charge in [-0.15, -0.1) is 24.0 Å². The van der Waals surface area contributed by atoms with E-state index < -0.39 is 0 Å². The molecule has 6 nitrogen and oxygen atoms in total. The minimum absolute atomic E-state index is 0. The first-order valence-corrected chi connectivity index (χ1v) is 11.7. The first-order valence-electron chi connectivity index (χ1n) is 11.7. The van der Waals surface area contributed by atoms with Gasteiger partial charge in [0.15, 0.2) is 5.96 Å². The van der Waals surface area contributed by atoms with E-state index in [1.807, 2.05) is 18.2 Å². The number of nitrogens with zero attached hydrogens (tertiary/aromatic N) is 2. The molecular formula is C24H39IN4O2. The van der Waals surface area contributed by atoms with E-state index in [1.54, 1.807) is 0 Å². The number of nitrogens with one attached hydrogen (secondary N) is 2. The maximum absolute atomic E-state index is 12.6. The summed E-state index contributed by atoms with van der Waals surface area (Å²) in [6, 6.07) is 10.6. The Morgan fingerprint density at radius 2 is 1.97 bits per heavy atom. The fraction of sp³-hybridized carbons (Fsp3) is 0.667. The van der Waals surface area contributed by atoms with Crippen LogP contribution < -0.4 is 10.6 Å². The van der Waals surface area contributed by atoms with Crippen molar-refractivity contribution in [3.8, 4) is 0 Å². The average Bonchev–Trinajstić information content (AvgIpc) is 3.46. The molecule has 1 heterocycles. The largest absolute Gasteiger partial charge is 0.374 e. The van der Waals surface area contributed by atoms with E-state index in [-0.39, 0.29) is 42.0 Å². The molecule has 174 valence electrons. The minimum Gasteiger partial charge on any atom is -0.374 e. The molecule has 1 aliphatic heterocycles. The van der Waals surface area contributed by atoms with Crippen LogP contribution in [0.4, 0.5) is 0 Å². The molecule has 0 bridgehead atoms. The van der Waals surface area contributed by atoms with E-state index in [2.05, 4.69) is 41.5 Å². The van der Waals surface area contributed by atoms with Gasteiger partial charge in [0.25, 0.3) is 0 Å². The second-order valence-electron chi connectivity index (χ2n) is 8.43. The quantitative estimate of drug-likeness (QED) is 0.213. The molecular weight excluding hydrogens is 503 g/mol. The Kier molecular flexibility index (Phi) is 11.6. The van der Waals surface area contributed by atoms with Crippen LogP contribution in [-0.2, 0) is 9.53 Å². The third-order valence-electron chi connectivity index (χ3n) is 6.10. The molecule has 2 atom stereocenters. The highest BCUT2D eigenvalue weighted by Crippen LogP contribution is 2.27. The third kappa shape index (κ3) is 8.25. The lowest BCUT2D eigenvalue weighted by Gasteiger charge is -2.21. The van der Waals surface area contributed by atoms with Crippen LogP contribution in [0.5, 0.6) is 0 Å². The zero-order valence-electron chi connectivity index (χ0n) is 19.0. The number of benzene rings is 1. The van der Waals surface area contributed by atoms with Crippen molar-refractivity contribution in [3.05, 3.63) is 35.9 Å². The van der Waals surface area contributed by atoms with Gasteiger partial charge in [-0.2, -0.15) is 0 Å². The number of carbonyl (C=O) groups is 1. The maximum atomic E-state index is 12.6. The fourth-order valence-electron chi connectivity index (χ4n) is 4.36. The number of halogens is 1. The number of amides is 1. The van der Waals surface area contributed by atoms with E-state index in [4.69, 9.17) is 9.73 Å². The van der Waals surface area contributed by atoms with Gasteiger partial charge < -0.3 is 20.3 Å². The van der Waals surface area contributed by atoms with Crippen LogP contribution in [-0.4, -0.2) is 55.6 Å². The first kappa shape index (κ1) is 25.9. The van der Waals surface area contributed by atoms with Crippen LogP contribution in [0.15, 0.2) is 35.3 Å². The van der Waals surface area contributed by atoms with E-state index in [9.17, 15) is 4.79 Å². The summed E-state index contributed by atoms with van der Waals surface area (Å²) in [6.07, 6.45) is 6.52. The maximum Gasteiger partial charge on any atom is 0.225 e. The van der Waals surface area contributed by atoms with E-state index in [0.717, 1.165) is 51.3 Å². The van der Waals surface area contributed by atoms with Gasteiger partial charge in [0.05, 0.1) is 6.10 Å². The van der Waals surface area contributed by atoms with Crippen molar-refractivity contribution in [2.24, 2.45) is 10.9 Å². The Hall–Kier alpha value is -1.35. The van der Waals surface area contributed by atoms with E-state index in [1.165, 1.54) is 18.4 Å². The smallest absolute Gasteiger partial charge is 0.225 e. The normalized spacial score (nSPS) is 20.4. The van der Waals surface area contributed by atoms with Crippen LogP contribution in [0.1, 0.15) is 64.0 Å². The highest BCUT2D eigenvalue weighted by atomic mass is 127. The lowest BCUT2D eigenvalue weighted by Crippen LogP contribution is -2.45. The number of ether oxygens (including phenoxy) is 1. The highest BCUT2D eigenvalue weighted by molar-refractivity contribution is 14.0. The molecule has 7 heteroatoms. The molecule has 0 aromatic heterocycles. The molecule has 1 aromatic rings. The lowest BCUT2D eigenvalue weighted by molar-refractivity contribution is -0.134. The van der Waals surface area contributed by atoms with Gasteiger partial charge in [0, 0.05) is 44.7 Å². The average molecular weight is 543 g/mol. The SMILES string of the molecule is CCNC(=NCCCOC(C)c1ccccc1)NC1CCN(C(=O)C2CCCC2)C1.I. The van der Waals surface area contributed by atoms with Gasteiger partial charge >= 0.3 is 0 Å². The van der Waals surface area contributed by atoms with Crippen molar-refractivity contribution in [1.82, 2.24) is 15.5 Å². The molecule has 1 saturated carbocycles. The van der Waals surface area contributed by atoms with Gasteiger partial charge in [-0.25, -0.2) is 0 Å². The summed E-state index contributed by atoms with van der Waals surface area (Å²) < 4.78 is 5.94. The molecule has 2 aliphatic rings. The zero-order valence-corrected chi connectivity index (χ0v) is 21.3. The molecule has 0 spiro atoms. The summed E-state index contributed by atoms with van der Waals surface area (Å²) >= 11 is 0. The number of guanidine groups is 1. The molecule has 2 N–H and O–H groups in total. The molecule has 1 aliphatic carbocycles. The molecule has 31 heavy (non-hydrogen) atoms. The van der Waals surface area contributed by atoms with Crippen LogP contribution in [0.2, 0.25) is 0 Å². The summed E-state index contributed by atoms with van der Waals surface area (Å²) in [5.41, 5.74) is 1.20. The zero-order chi connectivity index (χ0) is 21.2. The monoisotopic (exact) mass is 542 g/mol. The van der Waals surface area contributed by atoms with Crippen LogP contribution in [0.3, 0.4) is 0 Å². The van der Waals surface area contributed by atoms with Crippen LogP contribution >= 0.6 is 24.0 Å². The van der Waals surface area contributed by atoms with Gasteiger partial charge in [0.1, 0.15) is 0 Å². The second kappa shape index (κ2) is 13.9. The predicted molar refractivity (Wildman–Crippen MR) is 137 cm³/mol. The molecule has 3 rings (SSSR count). The summed E-state index contributed by atoms with van der Waals surface area (Å²) in [6.45, 7) is 8.04. The second-order valence-corrected chi connectivity index (χ2v) is 8.43. The standard InChI is InChI=1S/C24H38N4O2.HI/c1-3-25-24(26-15-9-17-30-19(2)20-10-5-4-6-11-20)27-22-14-16-28(18-22)23(29)21-12-7-8-13-21;/h4-6,10-11,19,21-22H,3,7-9,12-18H2,1-2H3,(H2,25,26,27);1H. The van der Waals surface area contributed by atoms with E-state index in [0.29, 0.717) is 19.1 Å². The molecule has 2 unspecified atom stereocenters. The van der Waals surface area contributed by atoms with Crippen molar-refractivity contribution >= 4 is 35.8 Å². The molecule has 0 radical (unpaired) electrons. The Labute approximate surface area is 204 Å². The van der Waals surface area contributed by atoms with Crippen LogP contribution in [0, 0.1) is 5.92 Å². The van der Waals surface area contributed by atoms with Crippen LogP contribution in [0.25, 0.3) is 0 Å². The number of hydrogen-bond acceptors (Lipinski definition) is 3. The van der Waals surface area contributed by atoms with Crippen molar-refractivity contribution in [2.75, 3.05) is 32.8 Å². The van der Waals surface area contributed by atoms with Gasteiger partial charge in [0.2, 0.25) is 5.91 Å².